The Kier molecular flexibility index (Phi) is 20.1. The van der Waals surface area contributed by atoms with Gasteiger partial charge >= 0.3 is 0 Å². The van der Waals surface area contributed by atoms with Crippen LogP contribution in [-0.2, 0) is 38.1 Å². The molecule has 0 saturated carbocycles. The number of anilines is 2. The number of alkyl halides is 1. The van der Waals surface area contributed by atoms with Gasteiger partial charge in [-0.05, 0) is 76.9 Å². The van der Waals surface area contributed by atoms with Crippen molar-refractivity contribution in [3.63, 3.8) is 0 Å². The fourth-order valence-corrected chi connectivity index (χ4v) is 9.04. The maximum atomic E-state index is 13.1. The molecule has 0 radical (unpaired) electrons. The predicted molar refractivity (Wildman–Crippen MR) is 255 cm³/mol. The number of carbonyl (C=O) groups excluding carboxylic acids is 8. The van der Waals surface area contributed by atoms with Gasteiger partial charge in [0.25, 0.3) is 23.6 Å². The Morgan fingerprint density at radius 3 is 1.35 bits per heavy atom. The molecular weight excluding hydrogens is 948 g/mol. The second-order valence-electron chi connectivity index (χ2n) is 16.2. The normalized spacial score (nSPS) is 20.7. The molecule has 0 bridgehead atoms. The van der Waals surface area contributed by atoms with Crippen molar-refractivity contribution in [3.05, 3.63) is 58.7 Å². The van der Waals surface area contributed by atoms with E-state index in [0.29, 0.717) is 55.2 Å². The molecule has 0 aliphatic carbocycles. The van der Waals surface area contributed by atoms with Gasteiger partial charge in [-0.1, -0.05) is 23.4 Å². The Labute approximate surface area is 405 Å². The monoisotopic (exact) mass is 1010 g/mol. The number of nitrogens with one attached hydrogen (secondary N) is 3. The SMILES string of the molecule is C.CCOC(CBr)OCC.CCOC(CN1CCN(c2ccc3c(c2)C(=O)N(C2CCC(=O)NC2=O)C3=O)CC1)OCC.O=C1CCC(N2C(=O)c3ccc(N4CCNCC4)cc3C2=O)C(=O)N1. The first-order valence-electron chi connectivity index (χ1n) is 23.0. The van der Waals surface area contributed by atoms with Crippen LogP contribution >= 0.6 is 15.9 Å². The molecule has 3 N–H and O–H groups in total. The number of halogens is 1. The zero-order valence-corrected chi connectivity index (χ0v) is 40.1. The molecule has 2 aromatic rings. The van der Waals surface area contributed by atoms with Crippen LogP contribution in [0.3, 0.4) is 0 Å². The van der Waals surface area contributed by atoms with Crippen molar-refractivity contribution >= 4 is 74.6 Å². The average Bonchev–Trinajstić information content (AvgIpc) is 3.72. The van der Waals surface area contributed by atoms with Gasteiger partial charge in [0, 0.05) is 110 Å². The summed E-state index contributed by atoms with van der Waals surface area (Å²) in [6.45, 7) is 17.7. The van der Waals surface area contributed by atoms with Crippen molar-refractivity contribution in [3.8, 4) is 0 Å². The molecule has 372 valence electrons. The molecule has 6 aliphatic rings. The van der Waals surface area contributed by atoms with Crippen molar-refractivity contribution < 1.29 is 57.3 Å². The molecule has 20 nitrogen and oxygen atoms in total. The Balaban J connectivity index is 0.000000218. The van der Waals surface area contributed by atoms with E-state index in [1.807, 2.05) is 39.8 Å². The lowest BCUT2D eigenvalue weighted by molar-refractivity contribution is -0.147. The number of piperidine rings is 2. The number of ether oxygens (including phenoxy) is 4. The van der Waals surface area contributed by atoms with Crippen LogP contribution in [0, 0.1) is 0 Å². The Hall–Kier alpha value is -5.16. The number of rotatable bonds is 15. The van der Waals surface area contributed by atoms with Gasteiger partial charge in [0.2, 0.25) is 23.6 Å². The van der Waals surface area contributed by atoms with E-state index >= 15 is 0 Å². The number of hydrogen-bond donors (Lipinski definition) is 3. The molecule has 2 atom stereocenters. The van der Waals surface area contributed by atoms with Crippen LogP contribution in [0.1, 0.15) is 102 Å². The molecule has 8 rings (SSSR count). The van der Waals surface area contributed by atoms with E-state index < -0.39 is 47.5 Å². The van der Waals surface area contributed by atoms with Gasteiger partial charge in [-0.25, -0.2) is 0 Å². The standard InChI is InChI=1S/C23H30N4O6.C17H18N4O4.C6H13BrO2.CH4/c1-3-32-20(33-4-2)14-25-9-11-26(12-10-25)15-5-6-16-17(13-15)23(31)27(22(16)30)18-7-8-19(28)24-21(18)29;22-14-4-3-13(15(23)19-14)21-16(24)11-2-1-10(9-12(11)17(21)25)20-7-5-18-6-8-20;1-3-8-6(5-7)9-4-2;/h5-6,13,18,20H,3-4,7-12,14H2,1-2H3,(H,24,28,29);1-2,9,13,18H,3-8H2,(H,19,22,23);6H,3-5H2,1-2H3;1H4. The van der Waals surface area contributed by atoms with Gasteiger partial charge in [0.1, 0.15) is 12.1 Å². The number of hydrogen-bond acceptors (Lipinski definition) is 16. The highest BCUT2D eigenvalue weighted by Gasteiger charge is 2.46. The maximum Gasteiger partial charge on any atom is 0.262 e. The van der Waals surface area contributed by atoms with Crippen LogP contribution in [0.2, 0.25) is 0 Å². The Bertz CT molecular complexity index is 2150. The molecule has 4 fully saturated rings. The second-order valence-corrected chi connectivity index (χ2v) is 16.9. The third-order valence-corrected chi connectivity index (χ3v) is 12.5. The summed E-state index contributed by atoms with van der Waals surface area (Å²) in [5.74, 6) is -3.86. The van der Waals surface area contributed by atoms with Crippen LogP contribution in [0.4, 0.5) is 11.4 Å². The molecule has 68 heavy (non-hydrogen) atoms. The van der Waals surface area contributed by atoms with Crippen LogP contribution in [0.15, 0.2) is 36.4 Å². The van der Waals surface area contributed by atoms with Crippen LogP contribution in [-0.4, -0.2) is 177 Å². The lowest BCUT2D eigenvalue weighted by atomic mass is 10.0. The molecule has 6 heterocycles. The first-order chi connectivity index (χ1) is 32.3. The summed E-state index contributed by atoms with van der Waals surface area (Å²) in [6.07, 6.45) is 0.229. The number of imide groups is 4. The molecule has 2 unspecified atom stereocenters. The summed E-state index contributed by atoms with van der Waals surface area (Å²) < 4.78 is 21.6. The van der Waals surface area contributed by atoms with E-state index in [4.69, 9.17) is 18.9 Å². The summed E-state index contributed by atoms with van der Waals surface area (Å²) in [4.78, 5) is 107. The molecular formula is C47H65BrN8O12. The van der Waals surface area contributed by atoms with Crippen molar-refractivity contribution in [1.29, 1.82) is 0 Å². The molecule has 6 aliphatic heterocycles. The number of benzene rings is 2. The second kappa shape index (κ2) is 25.4. The molecule has 0 spiro atoms. The first-order valence-corrected chi connectivity index (χ1v) is 24.1. The third kappa shape index (κ3) is 12.7. The van der Waals surface area contributed by atoms with E-state index in [1.54, 1.807) is 24.3 Å². The topological polar surface area (TPSA) is 226 Å². The number of amides is 8. The number of piperazine rings is 2. The van der Waals surface area contributed by atoms with Crippen LogP contribution in [0.25, 0.3) is 0 Å². The van der Waals surface area contributed by atoms with E-state index in [-0.39, 0.29) is 57.5 Å². The zero-order valence-electron chi connectivity index (χ0n) is 38.5. The van der Waals surface area contributed by atoms with Gasteiger partial charge < -0.3 is 34.1 Å². The van der Waals surface area contributed by atoms with E-state index in [0.717, 1.165) is 78.9 Å². The average molecular weight is 1010 g/mol. The van der Waals surface area contributed by atoms with Gasteiger partial charge in [0.15, 0.2) is 12.6 Å². The summed E-state index contributed by atoms with van der Waals surface area (Å²) in [6, 6.07) is 8.58. The van der Waals surface area contributed by atoms with Crippen molar-refractivity contribution in [2.24, 2.45) is 0 Å². The molecule has 21 heteroatoms. The van der Waals surface area contributed by atoms with Gasteiger partial charge in [-0.2, -0.15) is 0 Å². The number of carbonyl (C=O) groups is 8. The van der Waals surface area contributed by atoms with Gasteiger partial charge in [-0.3, -0.25) is 63.7 Å². The Morgan fingerprint density at radius 2 is 0.956 bits per heavy atom. The van der Waals surface area contributed by atoms with E-state index in [2.05, 4.69) is 46.6 Å². The minimum atomic E-state index is -0.953. The molecule has 2 aromatic carbocycles. The fraction of sp³-hybridized carbons (Fsp3) is 0.574. The van der Waals surface area contributed by atoms with E-state index in [9.17, 15) is 38.4 Å². The largest absolute Gasteiger partial charge is 0.369 e. The van der Waals surface area contributed by atoms with Crippen molar-refractivity contribution in [2.45, 2.75) is 85.5 Å². The minimum absolute atomic E-state index is 0. The smallest absolute Gasteiger partial charge is 0.262 e. The highest BCUT2D eigenvalue weighted by Crippen LogP contribution is 2.32. The minimum Gasteiger partial charge on any atom is -0.369 e. The summed E-state index contributed by atoms with van der Waals surface area (Å²) >= 11 is 3.27. The van der Waals surface area contributed by atoms with Crippen LogP contribution in [0.5, 0.6) is 0 Å². The zero-order chi connectivity index (χ0) is 48.2. The maximum absolute atomic E-state index is 13.1. The lowest BCUT2D eigenvalue weighted by Gasteiger charge is -2.37. The quantitative estimate of drug-likeness (QED) is 0.132. The molecule has 8 amide bonds. The summed E-state index contributed by atoms with van der Waals surface area (Å²) in [7, 11) is 0. The highest BCUT2D eigenvalue weighted by molar-refractivity contribution is 9.09. The van der Waals surface area contributed by atoms with Crippen LogP contribution < -0.4 is 25.8 Å². The fourth-order valence-electron chi connectivity index (χ4n) is 8.67. The summed E-state index contributed by atoms with van der Waals surface area (Å²) in [5, 5.41) is 8.43. The number of fused-ring (bicyclic) bond motifs is 2. The summed E-state index contributed by atoms with van der Waals surface area (Å²) in [5.41, 5.74) is 3.00. The predicted octanol–water partition coefficient (Wildman–Crippen LogP) is 2.52. The van der Waals surface area contributed by atoms with Gasteiger partial charge in [-0.15, -0.1) is 0 Å². The molecule has 0 aromatic heterocycles. The van der Waals surface area contributed by atoms with Crippen molar-refractivity contribution in [1.82, 2.24) is 30.7 Å². The molecule has 4 saturated heterocycles. The number of nitrogens with zero attached hydrogens (tertiary/aromatic N) is 5. The van der Waals surface area contributed by atoms with Gasteiger partial charge in [0.05, 0.1) is 27.6 Å². The first kappa shape index (κ1) is 53.8. The van der Waals surface area contributed by atoms with Crippen molar-refractivity contribution in [2.75, 3.05) is 100 Å². The lowest BCUT2D eigenvalue weighted by Crippen LogP contribution is -2.54. The third-order valence-electron chi connectivity index (χ3n) is 12.0. The van der Waals surface area contributed by atoms with E-state index in [1.165, 1.54) is 0 Å². The highest BCUT2D eigenvalue weighted by atomic mass is 79.9. The Morgan fingerprint density at radius 1 is 0.559 bits per heavy atom.